The first-order valence-corrected chi connectivity index (χ1v) is 6.86. The molecule has 20 heavy (non-hydrogen) atoms. The van der Waals surface area contributed by atoms with Gasteiger partial charge >= 0.3 is 0 Å². The number of pyridine rings is 1. The molecule has 0 radical (unpaired) electrons. The van der Waals surface area contributed by atoms with Crippen LogP contribution in [0.1, 0.15) is 37.2 Å². The molecule has 106 valence electrons. The van der Waals surface area contributed by atoms with Crippen molar-refractivity contribution >= 4 is 22.5 Å². The number of hydrogen-bond donors (Lipinski definition) is 3. The molecule has 1 heterocycles. The van der Waals surface area contributed by atoms with Crippen LogP contribution in [0.3, 0.4) is 0 Å². The van der Waals surface area contributed by atoms with Crippen LogP contribution >= 0.6 is 0 Å². The fourth-order valence-corrected chi connectivity index (χ4v) is 2.16. The summed E-state index contributed by atoms with van der Waals surface area (Å²) in [4.78, 5) is 16.6. The lowest BCUT2D eigenvalue weighted by molar-refractivity contribution is 0.0930. The highest BCUT2D eigenvalue weighted by Crippen LogP contribution is 2.22. The molecule has 0 saturated carbocycles. The third-order valence-corrected chi connectivity index (χ3v) is 3.43. The van der Waals surface area contributed by atoms with Crippen molar-refractivity contribution in [1.82, 2.24) is 10.3 Å². The molecule has 0 bridgehead atoms. The van der Waals surface area contributed by atoms with Gasteiger partial charge in [-0.25, -0.2) is 4.98 Å². The van der Waals surface area contributed by atoms with Crippen molar-refractivity contribution in [1.29, 1.82) is 0 Å². The van der Waals surface area contributed by atoms with Crippen LogP contribution in [-0.4, -0.2) is 16.9 Å². The number of nitrogen functional groups attached to an aromatic ring is 1. The van der Waals surface area contributed by atoms with Gasteiger partial charge in [-0.2, -0.15) is 0 Å². The van der Waals surface area contributed by atoms with Crippen LogP contribution in [0.15, 0.2) is 30.3 Å². The van der Waals surface area contributed by atoms with Crippen molar-refractivity contribution in [3.63, 3.8) is 0 Å². The Bertz CT molecular complexity index is 608. The number of rotatable bonds is 5. The Balaban J connectivity index is 2.37. The predicted octanol–water partition coefficient (Wildman–Crippen LogP) is 2.44. The Labute approximate surface area is 118 Å². The number of nitrogens with two attached hydrogens (primary N) is 1. The number of para-hydroxylation sites is 1. The van der Waals surface area contributed by atoms with Crippen LogP contribution < -0.4 is 16.6 Å². The zero-order chi connectivity index (χ0) is 14.5. The molecule has 0 aliphatic heterocycles. The van der Waals surface area contributed by atoms with Crippen molar-refractivity contribution in [2.45, 2.75) is 32.7 Å². The molecule has 0 aliphatic carbocycles. The monoisotopic (exact) mass is 272 g/mol. The zero-order valence-electron chi connectivity index (χ0n) is 11.8. The first kappa shape index (κ1) is 14.3. The summed E-state index contributed by atoms with van der Waals surface area (Å²) in [5.41, 5.74) is 4.45. The molecular formula is C15H20N4O. The van der Waals surface area contributed by atoms with Crippen LogP contribution in [0.4, 0.5) is 5.69 Å². The van der Waals surface area contributed by atoms with Gasteiger partial charge in [0.05, 0.1) is 11.2 Å². The van der Waals surface area contributed by atoms with Gasteiger partial charge in [0.1, 0.15) is 5.69 Å². The zero-order valence-corrected chi connectivity index (χ0v) is 11.8. The number of hydrogen-bond acceptors (Lipinski definition) is 4. The Hall–Kier alpha value is -2.14. The average molecular weight is 272 g/mol. The van der Waals surface area contributed by atoms with Crippen molar-refractivity contribution in [2.75, 3.05) is 5.43 Å². The fraction of sp³-hybridized carbons (Fsp3) is 0.333. The summed E-state index contributed by atoms with van der Waals surface area (Å²) in [5.74, 6) is 5.36. The van der Waals surface area contributed by atoms with Gasteiger partial charge in [-0.15, -0.1) is 0 Å². The minimum atomic E-state index is -0.166. The molecule has 0 atom stereocenters. The molecule has 0 fully saturated rings. The lowest BCUT2D eigenvalue weighted by Gasteiger charge is -2.15. The summed E-state index contributed by atoms with van der Waals surface area (Å²) < 4.78 is 0. The Morgan fingerprint density at radius 2 is 2.00 bits per heavy atom. The molecule has 0 spiro atoms. The Morgan fingerprint density at radius 1 is 1.30 bits per heavy atom. The lowest BCUT2D eigenvalue weighted by atomic mass is 10.1. The number of nitrogens with zero attached hydrogens (tertiary/aromatic N) is 1. The van der Waals surface area contributed by atoms with E-state index >= 15 is 0 Å². The van der Waals surface area contributed by atoms with Crippen molar-refractivity contribution in [3.8, 4) is 0 Å². The SMILES string of the molecule is CCC(CC)NC(=O)c1cc(NN)c2ccccc2n1. The Morgan fingerprint density at radius 3 is 2.65 bits per heavy atom. The van der Waals surface area contributed by atoms with Gasteiger partial charge in [0.15, 0.2) is 0 Å². The van der Waals surface area contributed by atoms with Crippen molar-refractivity contribution in [2.24, 2.45) is 5.84 Å². The number of nitrogens with one attached hydrogen (secondary N) is 2. The van der Waals surface area contributed by atoms with E-state index in [0.717, 1.165) is 23.7 Å². The first-order chi connectivity index (χ1) is 9.69. The second kappa shape index (κ2) is 6.34. The summed E-state index contributed by atoms with van der Waals surface area (Å²) in [6.07, 6.45) is 1.80. The number of amides is 1. The average Bonchev–Trinajstić information content (AvgIpc) is 2.51. The number of hydrazine groups is 1. The van der Waals surface area contributed by atoms with Crippen LogP contribution in [0, 0.1) is 0 Å². The highest BCUT2D eigenvalue weighted by molar-refractivity contribution is 5.99. The summed E-state index contributed by atoms with van der Waals surface area (Å²) in [6.45, 7) is 4.10. The van der Waals surface area contributed by atoms with Gasteiger partial charge in [-0.1, -0.05) is 32.0 Å². The number of aromatic nitrogens is 1. The quantitative estimate of drug-likeness (QED) is 0.577. The number of carbonyl (C=O) groups is 1. The summed E-state index contributed by atoms with van der Waals surface area (Å²) >= 11 is 0. The van der Waals surface area contributed by atoms with Crippen molar-refractivity contribution in [3.05, 3.63) is 36.0 Å². The largest absolute Gasteiger partial charge is 0.348 e. The van der Waals surface area contributed by atoms with E-state index in [1.165, 1.54) is 0 Å². The number of carbonyl (C=O) groups excluding carboxylic acids is 1. The van der Waals surface area contributed by atoms with Gasteiger partial charge in [-0.3, -0.25) is 10.6 Å². The van der Waals surface area contributed by atoms with Crippen LogP contribution in [0.2, 0.25) is 0 Å². The molecule has 4 N–H and O–H groups in total. The first-order valence-electron chi connectivity index (χ1n) is 6.86. The fourth-order valence-electron chi connectivity index (χ4n) is 2.16. The molecule has 2 aromatic rings. The number of fused-ring (bicyclic) bond motifs is 1. The van der Waals surface area contributed by atoms with Crippen molar-refractivity contribution < 1.29 is 4.79 Å². The van der Waals surface area contributed by atoms with Crippen LogP contribution in [0.25, 0.3) is 10.9 Å². The van der Waals surface area contributed by atoms with Gasteiger partial charge < -0.3 is 10.7 Å². The highest BCUT2D eigenvalue weighted by Gasteiger charge is 2.14. The molecule has 0 unspecified atom stereocenters. The van der Waals surface area contributed by atoms with E-state index in [2.05, 4.69) is 29.6 Å². The summed E-state index contributed by atoms with van der Waals surface area (Å²) in [5, 5.41) is 3.88. The minimum absolute atomic E-state index is 0.166. The standard InChI is InChI=1S/C15H20N4O/c1-3-10(4-2)17-15(20)14-9-13(19-16)11-7-5-6-8-12(11)18-14/h5-10H,3-4,16H2,1-2H3,(H,17,20)(H,18,19). The van der Waals surface area contributed by atoms with Crippen LogP contribution in [-0.2, 0) is 0 Å². The van der Waals surface area contributed by atoms with E-state index in [4.69, 9.17) is 5.84 Å². The third-order valence-electron chi connectivity index (χ3n) is 3.43. The van der Waals surface area contributed by atoms with E-state index in [1.807, 2.05) is 24.3 Å². The highest BCUT2D eigenvalue weighted by atomic mass is 16.1. The minimum Gasteiger partial charge on any atom is -0.348 e. The molecule has 2 rings (SSSR count). The molecule has 1 aromatic heterocycles. The molecule has 0 saturated heterocycles. The van der Waals surface area contributed by atoms with Gasteiger partial charge in [0.25, 0.3) is 5.91 Å². The molecule has 1 amide bonds. The normalized spacial score (nSPS) is 10.8. The van der Waals surface area contributed by atoms with Gasteiger partial charge in [-0.05, 0) is 25.0 Å². The Kier molecular flexibility index (Phi) is 4.53. The van der Waals surface area contributed by atoms with E-state index in [0.29, 0.717) is 11.4 Å². The molecule has 0 aliphatic rings. The smallest absolute Gasteiger partial charge is 0.270 e. The molecule has 5 nitrogen and oxygen atoms in total. The second-order valence-electron chi connectivity index (χ2n) is 4.70. The van der Waals surface area contributed by atoms with E-state index in [1.54, 1.807) is 6.07 Å². The van der Waals surface area contributed by atoms with Crippen LogP contribution in [0.5, 0.6) is 0 Å². The summed E-state index contributed by atoms with van der Waals surface area (Å²) in [6, 6.07) is 9.43. The third kappa shape index (κ3) is 2.88. The molecule has 5 heteroatoms. The van der Waals surface area contributed by atoms with E-state index < -0.39 is 0 Å². The maximum atomic E-state index is 12.2. The molecular weight excluding hydrogens is 252 g/mol. The maximum absolute atomic E-state index is 12.2. The molecule has 1 aromatic carbocycles. The lowest BCUT2D eigenvalue weighted by Crippen LogP contribution is -2.34. The van der Waals surface area contributed by atoms with E-state index in [-0.39, 0.29) is 11.9 Å². The topological polar surface area (TPSA) is 80.0 Å². The van der Waals surface area contributed by atoms with Gasteiger partial charge in [0.2, 0.25) is 0 Å². The number of anilines is 1. The summed E-state index contributed by atoms with van der Waals surface area (Å²) in [7, 11) is 0. The second-order valence-corrected chi connectivity index (χ2v) is 4.70. The number of benzene rings is 1. The van der Waals surface area contributed by atoms with Gasteiger partial charge in [0, 0.05) is 11.4 Å². The maximum Gasteiger partial charge on any atom is 0.270 e. The predicted molar refractivity (Wildman–Crippen MR) is 81.4 cm³/mol. The van der Waals surface area contributed by atoms with E-state index in [9.17, 15) is 4.79 Å².